The van der Waals surface area contributed by atoms with Gasteiger partial charge in [0.15, 0.2) is 4.34 Å². The Morgan fingerprint density at radius 2 is 2.15 bits per heavy atom. The van der Waals surface area contributed by atoms with Crippen LogP contribution in [-0.4, -0.2) is 42.8 Å². The Kier molecular flexibility index (Phi) is 7.28. The molecule has 2 heterocycles. The Labute approximate surface area is 171 Å². The van der Waals surface area contributed by atoms with E-state index in [1.54, 1.807) is 7.11 Å². The van der Waals surface area contributed by atoms with E-state index in [9.17, 15) is 9.59 Å². The van der Waals surface area contributed by atoms with Crippen molar-refractivity contribution in [2.24, 2.45) is 0 Å². The lowest BCUT2D eigenvalue weighted by Crippen LogP contribution is -2.29. The van der Waals surface area contributed by atoms with Crippen LogP contribution in [0.1, 0.15) is 39.3 Å². The lowest BCUT2D eigenvalue weighted by molar-refractivity contribution is -0.113. The molecule has 6 nitrogen and oxygen atoms in total. The van der Waals surface area contributed by atoms with Crippen LogP contribution in [0, 0.1) is 6.92 Å². The number of nitrogens with one attached hydrogen (secondary N) is 2. The summed E-state index contributed by atoms with van der Waals surface area (Å²) in [5.74, 6) is 0.0302. The van der Waals surface area contributed by atoms with Crippen LogP contribution in [0.25, 0.3) is 0 Å². The molecule has 2 aromatic heterocycles. The molecule has 2 amide bonds. The molecular formula is C18H23N3O3S3. The van der Waals surface area contributed by atoms with Crippen molar-refractivity contribution in [2.75, 3.05) is 31.3 Å². The number of rotatable bonds is 8. The lowest BCUT2D eigenvalue weighted by atomic mass is 9.95. The van der Waals surface area contributed by atoms with E-state index in [0.717, 1.165) is 41.3 Å². The summed E-state index contributed by atoms with van der Waals surface area (Å²) in [6.07, 6.45) is 4.07. The molecule has 1 aliphatic rings. The summed E-state index contributed by atoms with van der Waals surface area (Å²) in [6.45, 7) is 2.85. The van der Waals surface area contributed by atoms with E-state index in [-0.39, 0.29) is 17.6 Å². The van der Waals surface area contributed by atoms with E-state index in [2.05, 4.69) is 15.6 Å². The molecule has 0 saturated heterocycles. The average Bonchev–Trinajstić information content (AvgIpc) is 3.23. The summed E-state index contributed by atoms with van der Waals surface area (Å²) >= 11 is 4.49. The Morgan fingerprint density at radius 3 is 2.89 bits per heavy atom. The summed E-state index contributed by atoms with van der Waals surface area (Å²) in [6, 6.07) is 0. The van der Waals surface area contributed by atoms with Crippen molar-refractivity contribution in [3.63, 3.8) is 0 Å². The van der Waals surface area contributed by atoms with Crippen molar-refractivity contribution in [1.82, 2.24) is 10.3 Å². The molecule has 2 N–H and O–H groups in total. The van der Waals surface area contributed by atoms with Gasteiger partial charge in [0.25, 0.3) is 5.91 Å². The SMILES string of the molecule is COCCNC(=O)c1c(NC(=O)CSc2nc(C)cs2)sc2c1CCCC2. The minimum absolute atomic E-state index is 0.114. The van der Waals surface area contributed by atoms with Gasteiger partial charge in [-0.05, 0) is 38.2 Å². The number of ether oxygens (including phenoxy) is 1. The topological polar surface area (TPSA) is 80.3 Å². The minimum Gasteiger partial charge on any atom is -0.383 e. The van der Waals surface area contributed by atoms with Crippen molar-refractivity contribution < 1.29 is 14.3 Å². The first-order valence-electron chi connectivity index (χ1n) is 8.85. The minimum atomic E-state index is -0.134. The molecule has 9 heteroatoms. The van der Waals surface area contributed by atoms with Gasteiger partial charge in [-0.15, -0.1) is 22.7 Å². The molecular weight excluding hydrogens is 402 g/mol. The van der Waals surface area contributed by atoms with Gasteiger partial charge in [0.2, 0.25) is 5.91 Å². The molecule has 0 radical (unpaired) electrons. The predicted octanol–water partition coefficient (Wildman–Crippen LogP) is 3.50. The van der Waals surface area contributed by atoms with Crippen LogP contribution < -0.4 is 10.6 Å². The molecule has 0 aliphatic heterocycles. The highest BCUT2D eigenvalue weighted by molar-refractivity contribution is 8.01. The normalized spacial score (nSPS) is 13.3. The number of hydrogen-bond donors (Lipinski definition) is 2. The molecule has 1 aliphatic carbocycles. The van der Waals surface area contributed by atoms with Gasteiger partial charge in [-0.3, -0.25) is 9.59 Å². The molecule has 0 fully saturated rings. The Bertz CT molecular complexity index is 816. The fourth-order valence-corrected chi connectivity index (χ4v) is 5.89. The fraction of sp³-hybridized carbons (Fsp3) is 0.500. The van der Waals surface area contributed by atoms with E-state index in [1.807, 2.05) is 12.3 Å². The van der Waals surface area contributed by atoms with Gasteiger partial charge in [-0.2, -0.15) is 0 Å². The fourth-order valence-electron chi connectivity index (χ4n) is 2.94. The van der Waals surface area contributed by atoms with Crippen LogP contribution in [0.15, 0.2) is 9.72 Å². The standard InChI is InChI=1S/C18H23N3O3S3/c1-11-9-25-18(20-11)26-10-14(22)21-17-15(16(23)19-7-8-24-2)12-5-3-4-6-13(12)27-17/h9H,3-8,10H2,1-2H3,(H,19,23)(H,21,22). The first kappa shape index (κ1) is 20.3. The molecule has 0 bridgehead atoms. The van der Waals surface area contributed by atoms with Crippen molar-refractivity contribution in [1.29, 1.82) is 0 Å². The third-order valence-corrected chi connectivity index (χ3v) is 7.51. The Hall–Kier alpha value is -1.42. The summed E-state index contributed by atoms with van der Waals surface area (Å²) in [5, 5.41) is 8.48. The number of aromatic nitrogens is 1. The molecule has 27 heavy (non-hydrogen) atoms. The van der Waals surface area contributed by atoms with Crippen LogP contribution in [0.3, 0.4) is 0 Å². The molecule has 146 valence electrons. The molecule has 2 aromatic rings. The van der Waals surface area contributed by atoms with Crippen LogP contribution in [0.4, 0.5) is 5.00 Å². The van der Waals surface area contributed by atoms with Gasteiger partial charge in [-0.25, -0.2) is 4.98 Å². The van der Waals surface area contributed by atoms with Gasteiger partial charge in [0.05, 0.1) is 17.9 Å². The van der Waals surface area contributed by atoms with E-state index in [4.69, 9.17) is 4.74 Å². The molecule has 3 rings (SSSR count). The number of thioether (sulfide) groups is 1. The van der Waals surface area contributed by atoms with Crippen molar-refractivity contribution in [3.05, 3.63) is 27.1 Å². The first-order valence-corrected chi connectivity index (χ1v) is 11.5. The number of carbonyl (C=O) groups is 2. The predicted molar refractivity (Wildman–Crippen MR) is 111 cm³/mol. The summed E-state index contributed by atoms with van der Waals surface area (Å²) in [4.78, 5) is 30.7. The van der Waals surface area contributed by atoms with Gasteiger partial charge < -0.3 is 15.4 Å². The number of hydrogen-bond acceptors (Lipinski definition) is 7. The zero-order valence-electron chi connectivity index (χ0n) is 15.4. The van der Waals surface area contributed by atoms with Crippen molar-refractivity contribution in [2.45, 2.75) is 36.9 Å². The number of nitrogens with zero attached hydrogens (tertiary/aromatic N) is 1. The average molecular weight is 426 g/mol. The monoisotopic (exact) mass is 425 g/mol. The van der Waals surface area contributed by atoms with E-state index in [0.29, 0.717) is 23.7 Å². The number of thiazole rings is 1. The quantitative estimate of drug-likeness (QED) is 0.500. The second-order valence-electron chi connectivity index (χ2n) is 6.26. The highest BCUT2D eigenvalue weighted by Crippen LogP contribution is 2.38. The van der Waals surface area contributed by atoms with Crippen LogP contribution >= 0.6 is 34.4 Å². The summed E-state index contributed by atoms with van der Waals surface area (Å²) in [5.41, 5.74) is 2.69. The van der Waals surface area contributed by atoms with Crippen molar-refractivity contribution >= 4 is 51.3 Å². The summed E-state index contributed by atoms with van der Waals surface area (Å²) < 4.78 is 5.88. The van der Waals surface area contributed by atoms with Gasteiger partial charge >= 0.3 is 0 Å². The third kappa shape index (κ3) is 5.31. The largest absolute Gasteiger partial charge is 0.383 e. The van der Waals surface area contributed by atoms with E-state index < -0.39 is 0 Å². The van der Waals surface area contributed by atoms with Crippen LogP contribution in [0.2, 0.25) is 0 Å². The third-order valence-electron chi connectivity index (χ3n) is 4.17. The van der Waals surface area contributed by atoms with E-state index in [1.165, 1.54) is 39.3 Å². The second kappa shape index (κ2) is 9.68. The molecule has 0 atom stereocenters. The van der Waals surface area contributed by atoms with Crippen molar-refractivity contribution in [3.8, 4) is 0 Å². The van der Waals surface area contributed by atoms with Gasteiger partial charge in [-0.1, -0.05) is 11.8 Å². The number of anilines is 1. The number of fused-ring (bicyclic) bond motifs is 1. The maximum Gasteiger partial charge on any atom is 0.254 e. The molecule has 0 saturated carbocycles. The van der Waals surface area contributed by atoms with Gasteiger partial charge in [0.1, 0.15) is 5.00 Å². The molecule has 0 spiro atoms. The van der Waals surface area contributed by atoms with Gasteiger partial charge in [0, 0.05) is 29.6 Å². The number of thiophene rings is 1. The number of carbonyl (C=O) groups excluding carboxylic acids is 2. The number of aryl methyl sites for hydroxylation is 2. The molecule has 0 unspecified atom stereocenters. The van der Waals surface area contributed by atoms with Crippen LogP contribution in [-0.2, 0) is 22.4 Å². The molecule has 0 aromatic carbocycles. The Balaban J connectivity index is 1.70. The second-order valence-corrected chi connectivity index (χ2v) is 9.44. The maximum atomic E-state index is 12.7. The first-order chi connectivity index (χ1) is 13.1. The number of amides is 2. The highest BCUT2D eigenvalue weighted by atomic mass is 32.2. The van der Waals surface area contributed by atoms with Crippen LogP contribution in [0.5, 0.6) is 0 Å². The number of methoxy groups -OCH3 is 1. The smallest absolute Gasteiger partial charge is 0.254 e. The highest BCUT2D eigenvalue weighted by Gasteiger charge is 2.26. The zero-order chi connectivity index (χ0) is 19.2. The zero-order valence-corrected chi connectivity index (χ0v) is 17.9. The maximum absolute atomic E-state index is 12.7. The van der Waals surface area contributed by atoms with E-state index >= 15 is 0 Å². The Morgan fingerprint density at radius 1 is 1.33 bits per heavy atom. The summed E-state index contributed by atoms with van der Waals surface area (Å²) in [7, 11) is 1.60. The lowest BCUT2D eigenvalue weighted by Gasteiger charge is -2.13.